The molecule has 28 heavy (non-hydrogen) atoms. The third-order valence-electron chi connectivity index (χ3n) is 5.45. The molecule has 1 saturated heterocycles. The van der Waals surface area contributed by atoms with Crippen LogP contribution in [0.25, 0.3) is 10.8 Å². The molecule has 9 heteroatoms. The van der Waals surface area contributed by atoms with Crippen LogP contribution in [0.15, 0.2) is 28.2 Å². The molecule has 2 fully saturated rings. The molecule has 1 N–H and O–H groups in total. The van der Waals surface area contributed by atoms with E-state index >= 15 is 0 Å². The summed E-state index contributed by atoms with van der Waals surface area (Å²) >= 11 is 1.49. The van der Waals surface area contributed by atoms with E-state index in [4.69, 9.17) is 9.15 Å². The van der Waals surface area contributed by atoms with E-state index in [0.717, 1.165) is 29.0 Å². The van der Waals surface area contributed by atoms with Gasteiger partial charge >= 0.3 is 12.0 Å². The minimum Gasteiger partial charge on any atom is -0.458 e. The lowest BCUT2D eigenvalue weighted by Gasteiger charge is -2.36. The molecule has 1 saturated carbocycles. The van der Waals surface area contributed by atoms with Crippen molar-refractivity contribution in [2.45, 2.75) is 44.8 Å². The topological polar surface area (TPSA) is 102 Å². The molecule has 2 aromatic rings. The minimum atomic E-state index is -0.878. The van der Waals surface area contributed by atoms with E-state index < -0.39 is 24.1 Å². The Morgan fingerprint density at radius 2 is 2.32 bits per heavy atom. The second-order valence-corrected chi connectivity index (χ2v) is 8.17. The standard InChI is InChI=1S/C19H21N3O5S/c1-12-5-2-3-7-19(12)17(24)22(18(25)21-19)9-15(23)26-10-13-11-27-16(20-13)14-6-4-8-28-14/h4,6,8,11-12H,2-3,5,7,9-10H2,1H3,(H,21,25)/t12-,19+/m0/s1. The summed E-state index contributed by atoms with van der Waals surface area (Å²) in [5.41, 5.74) is -0.413. The zero-order valence-corrected chi connectivity index (χ0v) is 16.3. The maximum atomic E-state index is 12.9. The lowest BCUT2D eigenvalue weighted by molar-refractivity contribution is -0.149. The first-order chi connectivity index (χ1) is 13.5. The summed E-state index contributed by atoms with van der Waals surface area (Å²) < 4.78 is 10.6. The van der Waals surface area contributed by atoms with Crippen LogP contribution in [0, 0.1) is 5.92 Å². The maximum absolute atomic E-state index is 12.9. The molecule has 4 rings (SSSR count). The number of hydrogen-bond donors (Lipinski definition) is 1. The highest BCUT2D eigenvalue weighted by Crippen LogP contribution is 2.38. The number of ether oxygens (including phenoxy) is 1. The van der Waals surface area contributed by atoms with Crippen LogP contribution in [0.5, 0.6) is 0 Å². The third kappa shape index (κ3) is 3.30. The van der Waals surface area contributed by atoms with Gasteiger partial charge in [-0.3, -0.25) is 14.5 Å². The van der Waals surface area contributed by atoms with E-state index in [9.17, 15) is 14.4 Å². The number of rotatable bonds is 5. The van der Waals surface area contributed by atoms with Gasteiger partial charge in [-0.05, 0) is 30.2 Å². The molecular formula is C19H21N3O5S. The summed E-state index contributed by atoms with van der Waals surface area (Å²) in [5.74, 6) is -0.486. The van der Waals surface area contributed by atoms with Crippen molar-refractivity contribution >= 4 is 29.2 Å². The van der Waals surface area contributed by atoms with E-state index in [1.54, 1.807) is 0 Å². The Morgan fingerprint density at radius 3 is 3.07 bits per heavy atom. The smallest absolute Gasteiger partial charge is 0.326 e. The summed E-state index contributed by atoms with van der Waals surface area (Å²) in [6.07, 6.45) is 4.83. The van der Waals surface area contributed by atoms with Crippen molar-refractivity contribution in [2.75, 3.05) is 6.54 Å². The summed E-state index contributed by atoms with van der Waals surface area (Å²) in [6, 6.07) is 3.24. The highest BCUT2D eigenvalue weighted by molar-refractivity contribution is 7.13. The number of carbonyl (C=O) groups is 3. The molecule has 1 aliphatic carbocycles. The van der Waals surface area contributed by atoms with Crippen molar-refractivity contribution in [1.82, 2.24) is 15.2 Å². The molecule has 1 spiro atoms. The Hall–Kier alpha value is -2.68. The first kappa shape index (κ1) is 18.7. The highest BCUT2D eigenvalue weighted by atomic mass is 32.1. The average molecular weight is 403 g/mol. The van der Waals surface area contributed by atoms with E-state index in [1.165, 1.54) is 17.6 Å². The molecule has 3 heterocycles. The summed E-state index contributed by atoms with van der Waals surface area (Å²) in [6.45, 7) is 1.47. The summed E-state index contributed by atoms with van der Waals surface area (Å²) in [5, 5.41) is 4.73. The molecule has 0 radical (unpaired) electrons. The van der Waals surface area contributed by atoms with Crippen molar-refractivity contribution in [1.29, 1.82) is 0 Å². The summed E-state index contributed by atoms with van der Waals surface area (Å²) in [4.78, 5) is 43.5. The van der Waals surface area contributed by atoms with E-state index in [1.807, 2.05) is 24.4 Å². The second kappa shape index (κ2) is 7.38. The number of nitrogens with one attached hydrogen (secondary N) is 1. The van der Waals surface area contributed by atoms with Crippen LogP contribution in [0.4, 0.5) is 4.79 Å². The van der Waals surface area contributed by atoms with Crippen molar-refractivity contribution < 1.29 is 23.5 Å². The predicted octanol–water partition coefficient (Wildman–Crippen LogP) is 2.95. The number of aromatic nitrogens is 1. The number of imide groups is 1. The minimum absolute atomic E-state index is 0.0459. The van der Waals surface area contributed by atoms with Crippen LogP contribution in [0.1, 0.15) is 38.3 Å². The van der Waals surface area contributed by atoms with Gasteiger partial charge in [0.15, 0.2) is 0 Å². The van der Waals surface area contributed by atoms with Crippen molar-refractivity contribution in [2.24, 2.45) is 5.92 Å². The van der Waals surface area contributed by atoms with E-state index in [-0.39, 0.29) is 18.4 Å². The Bertz CT molecular complexity index is 893. The molecule has 2 aromatic heterocycles. The fraction of sp³-hybridized carbons (Fsp3) is 0.474. The van der Waals surface area contributed by atoms with Crippen LogP contribution in [-0.2, 0) is 20.9 Å². The number of thiophene rings is 1. The van der Waals surface area contributed by atoms with Crippen LogP contribution in [-0.4, -0.2) is 39.9 Å². The van der Waals surface area contributed by atoms with Gasteiger partial charge in [0.25, 0.3) is 5.91 Å². The Morgan fingerprint density at radius 1 is 1.46 bits per heavy atom. The monoisotopic (exact) mass is 403 g/mol. The Balaban J connectivity index is 1.35. The zero-order chi connectivity index (χ0) is 19.7. The molecule has 148 valence electrons. The van der Waals surface area contributed by atoms with Crippen molar-refractivity contribution in [3.63, 3.8) is 0 Å². The quantitative estimate of drug-likeness (QED) is 0.608. The van der Waals surface area contributed by atoms with Gasteiger partial charge in [0.05, 0.1) is 4.88 Å². The molecule has 0 unspecified atom stereocenters. The van der Waals surface area contributed by atoms with Gasteiger partial charge in [-0.1, -0.05) is 25.8 Å². The predicted molar refractivity (Wildman–Crippen MR) is 100 cm³/mol. The van der Waals surface area contributed by atoms with E-state index in [0.29, 0.717) is 18.0 Å². The van der Waals surface area contributed by atoms with Crippen LogP contribution in [0.3, 0.4) is 0 Å². The summed E-state index contributed by atoms with van der Waals surface area (Å²) in [7, 11) is 0. The first-order valence-corrected chi connectivity index (χ1v) is 10.2. The molecular weight excluding hydrogens is 382 g/mol. The number of esters is 1. The molecule has 1 aliphatic heterocycles. The number of oxazole rings is 1. The van der Waals surface area contributed by atoms with Crippen molar-refractivity contribution in [3.8, 4) is 10.8 Å². The van der Waals surface area contributed by atoms with Gasteiger partial charge in [0.2, 0.25) is 5.89 Å². The van der Waals surface area contributed by atoms with Gasteiger partial charge in [-0.25, -0.2) is 9.78 Å². The Labute approximate surface area is 165 Å². The SMILES string of the molecule is C[C@H]1CCCC[C@@]12NC(=O)N(CC(=O)OCc1coc(-c3cccs3)n1)C2=O. The van der Waals surface area contributed by atoms with Gasteiger partial charge in [-0.2, -0.15) is 0 Å². The lowest BCUT2D eigenvalue weighted by Crippen LogP contribution is -2.54. The third-order valence-corrected chi connectivity index (χ3v) is 6.31. The fourth-order valence-electron chi connectivity index (χ4n) is 3.85. The highest BCUT2D eigenvalue weighted by Gasteiger charge is 2.55. The Kier molecular flexibility index (Phi) is 4.92. The molecule has 2 aliphatic rings. The number of amides is 3. The number of urea groups is 1. The fourth-order valence-corrected chi connectivity index (χ4v) is 4.51. The molecule has 3 amide bonds. The molecule has 2 atom stereocenters. The number of carbonyl (C=O) groups excluding carboxylic acids is 3. The molecule has 0 aromatic carbocycles. The van der Waals surface area contributed by atoms with Crippen molar-refractivity contribution in [3.05, 3.63) is 29.5 Å². The zero-order valence-electron chi connectivity index (χ0n) is 15.5. The van der Waals surface area contributed by atoms with E-state index in [2.05, 4.69) is 10.3 Å². The second-order valence-electron chi connectivity index (χ2n) is 7.22. The maximum Gasteiger partial charge on any atom is 0.326 e. The van der Waals surface area contributed by atoms with Gasteiger partial charge in [-0.15, -0.1) is 11.3 Å². The molecule has 0 bridgehead atoms. The molecule has 8 nitrogen and oxygen atoms in total. The van der Waals surface area contributed by atoms with Gasteiger partial charge in [0.1, 0.15) is 30.6 Å². The van der Waals surface area contributed by atoms with Crippen LogP contribution >= 0.6 is 11.3 Å². The largest absolute Gasteiger partial charge is 0.458 e. The number of nitrogens with zero attached hydrogens (tertiary/aromatic N) is 2. The van der Waals surface area contributed by atoms with Crippen LogP contribution in [0.2, 0.25) is 0 Å². The average Bonchev–Trinajstić information content (AvgIpc) is 3.40. The van der Waals surface area contributed by atoms with Crippen LogP contribution < -0.4 is 5.32 Å². The lowest BCUT2D eigenvalue weighted by atomic mass is 9.73. The first-order valence-electron chi connectivity index (χ1n) is 9.27. The van der Waals surface area contributed by atoms with Gasteiger partial charge in [0, 0.05) is 0 Å². The van der Waals surface area contributed by atoms with Gasteiger partial charge < -0.3 is 14.5 Å². The normalized spacial score (nSPS) is 24.6. The number of hydrogen-bond acceptors (Lipinski definition) is 7.